The average molecular weight is 339 g/mol. The summed E-state index contributed by atoms with van der Waals surface area (Å²) in [6.07, 6.45) is 1.89. The Morgan fingerprint density at radius 2 is 1.68 bits per heavy atom. The van der Waals surface area contributed by atoms with Crippen LogP contribution in [-0.2, 0) is 17.6 Å². The maximum absolute atomic E-state index is 12.8. The summed E-state index contributed by atoms with van der Waals surface area (Å²) in [7, 11) is 0. The predicted octanol–water partition coefficient (Wildman–Crippen LogP) is 5.22. The van der Waals surface area contributed by atoms with Crippen LogP contribution < -0.4 is 10.1 Å². The van der Waals surface area contributed by atoms with Crippen LogP contribution in [0.3, 0.4) is 0 Å². The molecule has 2 aromatic carbocycles. The van der Waals surface area contributed by atoms with Crippen molar-refractivity contribution in [3.63, 3.8) is 0 Å². The lowest BCUT2D eigenvalue weighted by Gasteiger charge is -2.21. The molecule has 1 amide bonds. The van der Waals surface area contributed by atoms with Crippen molar-refractivity contribution in [3.05, 3.63) is 58.7 Å². The molecule has 0 heterocycles. The number of rotatable bonds is 7. The van der Waals surface area contributed by atoms with Crippen LogP contribution >= 0.6 is 0 Å². The molecule has 25 heavy (non-hydrogen) atoms. The Morgan fingerprint density at radius 1 is 1.04 bits per heavy atom. The minimum Gasteiger partial charge on any atom is -0.480 e. The van der Waals surface area contributed by atoms with E-state index in [1.807, 2.05) is 39.0 Å². The van der Waals surface area contributed by atoms with E-state index in [0.717, 1.165) is 46.5 Å². The molecular weight excluding hydrogens is 310 g/mol. The van der Waals surface area contributed by atoms with E-state index in [2.05, 4.69) is 37.4 Å². The molecule has 2 aromatic rings. The Bertz CT molecular complexity index is 715. The molecule has 3 nitrogen and oxygen atoms in total. The molecule has 1 N–H and O–H groups in total. The van der Waals surface area contributed by atoms with Gasteiger partial charge in [0.05, 0.1) is 0 Å². The second-order valence-corrected chi connectivity index (χ2v) is 6.43. The summed E-state index contributed by atoms with van der Waals surface area (Å²) in [5, 5.41) is 3.12. The van der Waals surface area contributed by atoms with Gasteiger partial charge in [0.2, 0.25) is 0 Å². The number of hydrogen-bond acceptors (Lipinski definition) is 2. The first-order valence-electron chi connectivity index (χ1n) is 9.15. The third kappa shape index (κ3) is 4.62. The number of aryl methyl sites for hydroxylation is 4. The van der Waals surface area contributed by atoms with Gasteiger partial charge in [-0.1, -0.05) is 51.1 Å². The molecule has 0 aromatic heterocycles. The van der Waals surface area contributed by atoms with Gasteiger partial charge in [0.1, 0.15) is 5.75 Å². The van der Waals surface area contributed by atoms with Crippen LogP contribution in [0.1, 0.15) is 49.4 Å². The third-order valence-electron chi connectivity index (χ3n) is 4.52. The van der Waals surface area contributed by atoms with Crippen molar-refractivity contribution in [2.45, 2.75) is 60.0 Å². The van der Waals surface area contributed by atoms with Gasteiger partial charge in [0.15, 0.2) is 6.10 Å². The second kappa shape index (κ2) is 8.70. The second-order valence-electron chi connectivity index (χ2n) is 6.43. The molecule has 0 radical (unpaired) electrons. The van der Waals surface area contributed by atoms with Gasteiger partial charge in [-0.3, -0.25) is 4.79 Å². The zero-order valence-electron chi connectivity index (χ0n) is 16.0. The quantitative estimate of drug-likeness (QED) is 0.750. The molecule has 0 aliphatic heterocycles. The van der Waals surface area contributed by atoms with Crippen molar-refractivity contribution in [2.75, 3.05) is 5.32 Å². The van der Waals surface area contributed by atoms with E-state index in [-0.39, 0.29) is 5.91 Å². The highest BCUT2D eigenvalue weighted by Gasteiger charge is 2.21. The Kier molecular flexibility index (Phi) is 6.63. The van der Waals surface area contributed by atoms with E-state index < -0.39 is 6.10 Å². The summed E-state index contributed by atoms with van der Waals surface area (Å²) in [6.45, 7) is 10.2. The van der Waals surface area contributed by atoms with Crippen LogP contribution in [0.4, 0.5) is 5.69 Å². The molecule has 1 atom stereocenters. The fourth-order valence-corrected chi connectivity index (χ4v) is 2.92. The van der Waals surface area contributed by atoms with Gasteiger partial charge in [0.25, 0.3) is 5.91 Å². The molecule has 0 fully saturated rings. The van der Waals surface area contributed by atoms with Crippen molar-refractivity contribution < 1.29 is 9.53 Å². The van der Waals surface area contributed by atoms with Gasteiger partial charge in [-0.2, -0.15) is 0 Å². The van der Waals surface area contributed by atoms with Gasteiger partial charge in [-0.25, -0.2) is 0 Å². The monoisotopic (exact) mass is 339 g/mol. The molecule has 0 aliphatic carbocycles. The van der Waals surface area contributed by atoms with Crippen LogP contribution in [0, 0.1) is 13.8 Å². The molecule has 0 spiro atoms. The van der Waals surface area contributed by atoms with Crippen molar-refractivity contribution in [3.8, 4) is 5.75 Å². The lowest BCUT2D eigenvalue weighted by Crippen LogP contribution is -2.33. The Balaban J connectivity index is 2.22. The molecule has 0 aliphatic rings. The van der Waals surface area contributed by atoms with Gasteiger partial charge in [0, 0.05) is 5.69 Å². The number of anilines is 1. The molecule has 3 heteroatoms. The molecule has 2 rings (SSSR count). The van der Waals surface area contributed by atoms with Crippen LogP contribution in [0.2, 0.25) is 0 Å². The summed E-state index contributed by atoms with van der Waals surface area (Å²) in [5.74, 6) is 0.695. The smallest absolute Gasteiger partial charge is 0.265 e. The van der Waals surface area contributed by atoms with E-state index in [1.165, 1.54) is 0 Å². The summed E-state index contributed by atoms with van der Waals surface area (Å²) in [4.78, 5) is 12.8. The first kappa shape index (κ1) is 19.0. The Labute approximate surface area is 151 Å². The predicted molar refractivity (Wildman–Crippen MR) is 104 cm³/mol. The molecule has 1 unspecified atom stereocenters. The minimum atomic E-state index is -0.505. The zero-order chi connectivity index (χ0) is 18.4. The highest BCUT2D eigenvalue weighted by molar-refractivity contribution is 5.95. The molecular formula is C22H29NO2. The Morgan fingerprint density at radius 3 is 2.24 bits per heavy atom. The van der Waals surface area contributed by atoms with Crippen molar-refractivity contribution in [1.82, 2.24) is 0 Å². The van der Waals surface area contributed by atoms with E-state index in [0.29, 0.717) is 6.42 Å². The maximum Gasteiger partial charge on any atom is 0.265 e. The number of para-hydroxylation sites is 1. The lowest BCUT2D eigenvalue weighted by atomic mass is 10.0. The van der Waals surface area contributed by atoms with Crippen molar-refractivity contribution in [2.24, 2.45) is 0 Å². The standard InChI is InChI=1S/C22H29NO2/c1-6-17-10-9-11-18(7-2)21(17)23-22(24)19(8-3)25-20-14-15(4)12-13-16(20)5/h9-14,19H,6-8H2,1-5H3,(H,23,24). The number of carbonyl (C=O) groups excluding carboxylic acids is 1. The van der Waals surface area contributed by atoms with E-state index >= 15 is 0 Å². The maximum atomic E-state index is 12.8. The highest BCUT2D eigenvalue weighted by atomic mass is 16.5. The lowest BCUT2D eigenvalue weighted by molar-refractivity contribution is -0.122. The van der Waals surface area contributed by atoms with Crippen LogP contribution in [-0.4, -0.2) is 12.0 Å². The van der Waals surface area contributed by atoms with Gasteiger partial charge in [-0.05, 0) is 61.4 Å². The summed E-state index contributed by atoms with van der Waals surface area (Å²) < 4.78 is 6.04. The highest BCUT2D eigenvalue weighted by Crippen LogP contribution is 2.25. The zero-order valence-corrected chi connectivity index (χ0v) is 16.0. The topological polar surface area (TPSA) is 38.3 Å². The van der Waals surface area contributed by atoms with Crippen LogP contribution in [0.5, 0.6) is 5.75 Å². The van der Waals surface area contributed by atoms with E-state index in [4.69, 9.17) is 4.74 Å². The number of nitrogens with one attached hydrogen (secondary N) is 1. The third-order valence-corrected chi connectivity index (χ3v) is 4.52. The van der Waals surface area contributed by atoms with Crippen molar-refractivity contribution in [1.29, 1.82) is 0 Å². The first-order chi connectivity index (χ1) is 12.0. The normalized spacial score (nSPS) is 11.9. The van der Waals surface area contributed by atoms with E-state index in [9.17, 15) is 4.79 Å². The summed E-state index contributed by atoms with van der Waals surface area (Å²) in [5.41, 5.74) is 5.43. The number of benzene rings is 2. The van der Waals surface area contributed by atoms with Gasteiger partial charge >= 0.3 is 0 Å². The minimum absolute atomic E-state index is 0.0843. The largest absolute Gasteiger partial charge is 0.480 e. The molecule has 0 bridgehead atoms. The van der Waals surface area contributed by atoms with Gasteiger partial charge in [-0.15, -0.1) is 0 Å². The first-order valence-corrected chi connectivity index (χ1v) is 9.15. The molecule has 0 saturated carbocycles. The number of hydrogen-bond donors (Lipinski definition) is 1. The summed E-state index contributed by atoms with van der Waals surface area (Å²) >= 11 is 0. The van der Waals surface area contributed by atoms with E-state index in [1.54, 1.807) is 0 Å². The van der Waals surface area contributed by atoms with Crippen LogP contribution in [0.25, 0.3) is 0 Å². The number of carbonyl (C=O) groups is 1. The van der Waals surface area contributed by atoms with Crippen LogP contribution in [0.15, 0.2) is 36.4 Å². The number of ether oxygens (including phenoxy) is 1. The molecule has 0 saturated heterocycles. The molecule has 134 valence electrons. The average Bonchev–Trinajstić information content (AvgIpc) is 2.62. The number of amides is 1. The fourth-order valence-electron chi connectivity index (χ4n) is 2.92. The fraction of sp³-hybridized carbons (Fsp3) is 0.409. The Hall–Kier alpha value is -2.29. The summed E-state index contributed by atoms with van der Waals surface area (Å²) in [6, 6.07) is 12.3. The SMILES string of the molecule is CCc1cccc(CC)c1NC(=O)C(CC)Oc1cc(C)ccc1C. The van der Waals surface area contributed by atoms with Crippen molar-refractivity contribution >= 4 is 11.6 Å². The van der Waals surface area contributed by atoms with Gasteiger partial charge < -0.3 is 10.1 Å².